The number of amides is 1. The van der Waals surface area contributed by atoms with Crippen LogP contribution in [0.5, 0.6) is 5.75 Å². The number of hydrogen-bond acceptors (Lipinski definition) is 3. The standard InChI is InChI=1S/C14H19NO4/c1-4-14(5-2,13(17)18)12(16)15-10-6-8-11(19-3)9-7-10/h6-9H,4-5H2,1-3H3,(H,15,16)(H,17,18). The minimum atomic E-state index is -1.38. The molecule has 1 rings (SSSR count). The quantitative estimate of drug-likeness (QED) is 0.775. The average molecular weight is 265 g/mol. The molecule has 0 heterocycles. The Morgan fingerprint density at radius 3 is 2.11 bits per heavy atom. The lowest BCUT2D eigenvalue weighted by Gasteiger charge is -2.25. The van der Waals surface area contributed by atoms with Crippen molar-refractivity contribution in [2.75, 3.05) is 12.4 Å². The summed E-state index contributed by atoms with van der Waals surface area (Å²) in [7, 11) is 1.55. The Bertz CT molecular complexity index is 449. The highest BCUT2D eigenvalue weighted by atomic mass is 16.5. The van der Waals surface area contributed by atoms with E-state index in [9.17, 15) is 14.7 Å². The third kappa shape index (κ3) is 3.05. The number of anilines is 1. The minimum absolute atomic E-state index is 0.251. The van der Waals surface area contributed by atoms with Gasteiger partial charge in [0.1, 0.15) is 11.2 Å². The maximum absolute atomic E-state index is 12.2. The third-order valence-corrected chi connectivity index (χ3v) is 3.40. The van der Waals surface area contributed by atoms with Crippen molar-refractivity contribution in [1.29, 1.82) is 0 Å². The fourth-order valence-electron chi connectivity index (χ4n) is 1.90. The van der Waals surface area contributed by atoms with Gasteiger partial charge in [-0.2, -0.15) is 0 Å². The lowest BCUT2D eigenvalue weighted by atomic mass is 9.81. The number of carboxylic acid groups (broad SMARTS) is 1. The van der Waals surface area contributed by atoms with E-state index in [1.54, 1.807) is 45.2 Å². The molecule has 19 heavy (non-hydrogen) atoms. The zero-order valence-electron chi connectivity index (χ0n) is 11.4. The highest BCUT2D eigenvalue weighted by Crippen LogP contribution is 2.29. The summed E-state index contributed by atoms with van der Waals surface area (Å²) in [5.74, 6) is -0.910. The number of carboxylic acids is 1. The van der Waals surface area contributed by atoms with Crippen LogP contribution in [0.1, 0.15) is 26.7 Å². The van der Waals surface area contributed by atoms with Gasteiger partial charge in [-0.05, 0) is 37.1 Å². The van der Waals surface area contributed by atoms with Crippen molar-refractivity contribution in [3.05, 3.63) is 24.3 Å². The van der Waals surface area contributed by atoms with Gasteiger partial charge in [-0.25, -0.2) is 0 Å². The van der Waals surface area contributed by atoms with Crippen LogP contribution in [-0.4, -0.2) is 24.1 Å². The number of benzene rings is 1. The van der Waals surface area contributed by atoms with Crippen molar-refractivity contribution in [1.82, 2.24) is 0 Å². The summed E-state index contributed by atoms with van der Waals surface area (Å²) >= 11 is 0. The molecule has 1 amide bonds. The summed E-state index contributed by atoms with van der Waals surface area (Å²) in [6, 6.07) is 6.76. The zero-order chi connectivity index (χ0) is 14.5. The SMILES string of the molecule is CCC(CC)(C(=O)O)C(=O)Nc1ccc(OC)cc1. The molecule has 5 nitrogen and oxygen atoms in total. The Balaban J connectivity index is 2.90. The molecular weight excluding hydrogens is 246 g/mol. The number of rotatable bonds is 6. The highest BCUT2D eigenvalue weighted by Gasteiger charge is 2.42. The Hall–Kier alpha value is -2.04. The first kappa shape index (κ1) is 15.0. The summed E-state index contributed by atoms with van der Waals surface area (Å²) in [5, 5.41) is 11.9. The average Bonchev–Trinajstić information content (AvgIpc) is 2.41. The summed E-state index contributed by atoms with van der Waals surface area (Å²) in [6.07, 6.45) is 0.502. The van der Waals surface area contributed by atoms with Crippen molar-refractivity contribution in [2.45, 2.75) is 26.7 Å². The molecule has 0 bridgehead atoms. The Kier molecular flexibility index (Phi) is 4.92. The van der Waals surface area contributed by atoms with Gasteiger partial charge >= 0.3 is 5.97 Å². The summed E-state index contributed by atoms with van der Waals surface area (Å²) in [4.78, 5) is 23.5. The monoisotopic (exact) mass is 265 g/mol. The molecule has 1 aromatic carbocycles. The van der Waals surface area contributed by atoms with E-state index in [1.165, 1.54) is 0 Å². The van der Waals surface area contributed by atoms with E-state index in [0.717, 1.165) is 0 Å². The maximum atomic E-state index is 12.2. The van der Waals surface area contributed by atoms with Crippen LogP contribution in [0, 0.1) is 5.41 Å². The second-order valence-electron chi connectivity index (χ2n) is 4.28. The van der Waals surface area contributed by atoms with Crippen molar-refractivity contribution in [3.63, 3.8) is 0 Å². The molecule has 0 fully saturated rings. The van der Waals surface area contributed by atoms with Gasteiger partial charge in [0.2, 0.25) is 5.91 Å². The van der Waals surface area contributed by atoms with Crippen LogP contribution >= 0.6 is 0 Å². The molecule has 0 aromatic heterocycles. The molecule has 1 aromatic rings. The van der Waals surface area contributed by atoms with E-state index in [4.69, 9.17) is 4.74 Å². The summed E-state index contributed by atoms with van der Waals surface area (Å²) < 4.78 is 5.02. The van der Waals surface area contributed by atoms with E-state index < -0.39 is 17.3 Å². The van der Waals surface area contributed by atoms with E-state index >= 15 is 0 Å². The van der Waals surface area contributed by atoms with Gasteiger partial charge < -0.3 is 15.2 Å². The van der Waals surface area contributed by atoms with Gasteiger partial charge in [0.15, 0.2) is 0 Å². The summed E-state index contributed by atoms with van der Waals surface area (Å²) in [6.45, 7) is 3.40. The van der Waals surface area contributed by atoms with Gasteiger partial charge in [0.05, 0.1) is 7.11 Å². The second-order valence-corrected chi connectivity index (χ2v) is 4.28. The fraction of sp³-hybridized carbons (Fsp3) is 0.429. The van der Waals surface area contributed by atoms with Crippen LogP contribution in [-0.2, 0) is 9.59 Å². The number of carbonyl (C=O) groups excluding carboxylic acids is 1. The topological polar surface area (TPSA) is 75.6 Å². The highest BCUT2D eigenvalue weighted by molar-refractivity contribution is 6.08. The van der Waals surface area contributed by atoms with Gasteiger partial charge in [0, 0.05) is 5.69 Å². The van der Waals surface area contributed by atoms with Gasteiger partial charge in [-0.15, -0.1) is 0 Å². The number of methoxy groups -OCH3 is 1. The van der Waals surface area contributed by atoms with Gasteiger partial charge in [0.25, 0.3) is 0 Å². The molecule has 2 N–H and O–H groups in total. The van der Waals surface area contributed by atoms with E-state index in [-0.39, 0.29) is 12.8 Å². The van der Waals surface area contributed by atoms with Gasteiger partial charge in [-0.1, -0.05) is 13.8 Å². The van der Waals surface area contributed by atoms with Gasteiger partial charge in [-0.3, -0.25) is 9.59 Å². The van der Waals surface area contributed by atoms with Crippen molar-refractivity contribution in [3.8, 4) is 5.75 Å². The lowest BCUT2D eigenvalue weighted by molar-refractivity contribution is -0.154. The third-order valence-electron chi connectivity index (χ3n) is 3.40. The smallest absolute Gasteiger partial charge is 0.319 e. The Labute approximate surface area is 112 Å². The molecule has 104 valence electrons. The van der Waals surface area contributed by atoms with Crippen LogP contribution in [0.2, 0.25) is 0 Å². The number of aliphatic carboxylic acids is 1. The van der Waals surface area contributed by atoms with Crippen molar-refractivity contribution < 1.29 is 19.4 Å². The van der Waals surface area contributed by atoms with Crippen LogP contribution in [0.3, 0.4) is 0 Å². The number of carbonyl (C=O) groups is 2. The molecule has 0 aliphatic heterocycles. The molecule has 0 radical (unpaired) electrons. The van der Waals surface area contributed by atoms with Crippen LogP contribution in [0.4, 0.5) is 5.69 Å². The predicted molar refractivity (Wildman–Crippen MR) is 72.3 cm³/mol. The Morgan fingerprint density at radius 2 is 1.74 bits per heavy atom. The second kappa shape index (κ2) is 6.22. The normalized spacial score (nSPS) is 10.9. The van der Waals surface area contributed by atoms with E-state index in [2.05, 4.69) is 5.32 Å². The lowest BCUT2D eigenvalue weighted by Crippen LogP contribution is -2.42. The predicted octanol–water partition coefficient (Wildman–Crippen LogP) is 2.52. The van der Waals surface area contributed by atoms with Crippen molar-refractivity contribution >= 4 is 17.6 Å². The zero-order valence-corrected chi connectivity index (χ0v) is 11.4. The molecular formula is C14H19NO4. The maximum Gasteiger partial charge on any atom is 0.319 e. The number of hydrogen-bond donors (Lipinski definition) is 2. The molecule has 0 atom stereocenters. The van der Waals surface area contributed by atoms with Crippen molar-refractivity contribution in [2.24, 2.45) is 5.41 Å². The first-order valence-electron chi connectivity index (χ1n) is 6.19. The van der Waals surface area contributed by atoms with E-state index in [0.29, 0.717) is 11.4 Å². The molecule has 0 saturated carbocycles. The fourth-order valence-corrected chi connectivity index (χ4v) is 1.90. The largest absolute Gasteiger partial charge is 0.497 e. The number of ether oxygens (including phenoxy) is 1. The number of nitrogens with one attached hydrogen (secondary N) is 1. The van der Waals surface area contributed by atoms with Crippen LogP contribution < -0.4 is 10.1 Å². The summed E-state index contributed by atoms with van der Waals surface area (Å²) in [5.41, 5.74) is -0.821. The molecule has 0 aliphatic rings. The molecule has 5 heteroatoms. The first-order chi connectivity index (χ1) is 9.00. The van der Waals surface area contributed by atoms with E-state index in [1.807, 2.05) is 0 Å². The van der Waals surface area contributed by atoms with Crippen LogP contribution in [0.15, 0.2) is 24.3 Å². The molecule has 0 spiro atoms. The molecule has 0 saturated heterocycles. The van der Waals surface area contributed by atoms with Crippen LogP contribution in [0.25, 0.3) is 0 Å². The molecule has 0 aliphatic carbocycles. The molecule has 0 unspecified atom stereocenters. The first-order valence-corrected chi connectivity index (χ1v) is 6.19. The Morgan fingerprint density at radius 1 is 1.21 bits per heavy atom. The minimum Gasteiger partial charge on any atom is -0.497 e.